The monoisotopic (exact) mass is 187 g/mol. The average Bonchev–Trinajstić information content (AvgIpc) is 2.08. The zero-order valence-electron chi connectivity index (χ0n) is 6.72. The Morgan fingerprint density at radius 2 is 2.50 bits per heavy atom. The third kappa shape index (κ3) is 1.98. The van der Waals surface area contributed by atoms with Crippen LogP contribution in [0.2, 0.25) is 5.02 Å². The smallest absolute Gasteiger partial charge is 0.285 e. The van der Waals surface area contributed by atoms with Gasteiger partial charge in [-0.1, -0.05) is 18.5 Å². The molecule has 0 amide bonds. The number of nitrogens with one attached hydrogen (secondary N) is 2. The van der Waals surface area contributed by atoms with E-state index in [-0.39, 0.29) is 10.6 Å². The summed E-state index contributed by atoms with van der Waals surface area (Å²) in [5.41, 5.74) is 0.222. The van der Waals surface area contributed by atoms with Gasteiger partial charge in [-0.05, 0) is 6.42 Å². The Morgan fingerprint density at radius 1 is 1.75 bits per heavy atom. The largest absolute Gasteiger partial charge is 0.382 e. The molecule has 0 fully saturated rings. The van der Waals surface area contributed by atoms with Crippen LogP contribution in [0.15, 0.2) is 11.0 Å². The molecule has 0 aliphatic carbocycles. The maximum atomic E-state index is 10.9. The topological polar surface area (TPSA) is 57.8 Å². The van der Waals surface area contributed by atoms with E-state index >= 15 is 0 Å². The lowest BCUT2D eigenvalue weighted by Gasteiger charge is -2.03. The Kier molecular flexibility index (Phi) is 3.10. The first-order chi connectivity index (χ1) is 5.75. The first-order valence-electron chi connectivity index (χ1n) is 3.72. The lowest BCUT2D eigenvalue weighted by molar-refractivity contribution is 0.953. The Balaban J connectivity index is 2.85. The SMILES string of the molecule is CCCNc1cn[nH]c(=O)c1Cl. The zero-order chi connectivity index (χ0) is 8.97. The van der Waals surface area contributed by atoms with Gasteiger partial charge >= 0.3 is 0 Å². The number of nitrogens with zero attached hydrogens (tertiary/aromatic N) is 1. The third-order valence-electron chi connectivity index (χ3n) is 1.36. The highest BCUT2D eigenvalue weighted by Gasteiger charge is 2.02. The summed E-state index contributed by atoms with van der Waals surface area (Å²) in [4.78, 5) is 10.9. The van der Waals surface area contributed by atoms with Gasteiger partial charge in [0.25, 0.3) is 5.56 Å². The van der Waals surface area contributed by atoms with Crippen molar-refractivity contribution in [2.24, 2.45) is 0 Å². The molecular formula is C7H10ClN3O. The first kappa shape index (κ1) is 9.06. The van der Waals surface area contributed by atoms with Crippen molar-refractivity contribution in [2.75, 3.05) is 11.9 Å². The summed E-state index contributed by atoms with van der Waals surface area (Å²) >= 11 is 5.68. The van der Waals surface area contributed by atoms with Crippen LogP contribution in [0.25, 0.3) is 0 Å². The van der Waals surface area contributed by atoms with Crippen LogP contribution in [0.5, 0.6) is 0 Å². The molecule has 0 bridgehead atoms. The number of hydrogen-bond donors (Lipinski definition) is 2. The fourth-order valence-corrected chi connectivity index (χ4v) is 0.924. The molecule has 12 heavy (non-hydrogen) atoms. The summed E-state index contributed by atoms with van der Waals surface area (Å²) in [7, 11) is 0. The molecule has 0 saturated heterocycles. The number of rotatable bonds is 3. The van der Waals surface area contributed by atoms with Crippen LogP contribution < -0.4 is 10.9 Å². The highest BCUT2D eigenvalue weighted by atomic mass is 35.5. The van der Waals surface area contributed by atoms with E-state index in [0.717, 1.165) is 13.0 Å². The second-order valence-electron chi connectivity index (χ2n) is 2.35. The van der Waals surface area contributed by atoms with Crippen LogP contribution in [0.1, 0.15) is 13.3 Å². The van der Waals surface area contributed by atoms with Gasteiger partial charge in [0.15, 0.2) is 0 Å². The molecule has 0 aliphatic rings. The van der Waals surface area contributed by atoms with Gasteiger partial charge < -0.3 is 5.32 Å². The van der Waals surface area contributed by atoms with Crippen molar-refractivity contribution in [3.8, 4) is 0 Å². The molecule has 4 nitrogen and oxygen atoms in total. The van der Waals surface area contributed by atoms with Crippen LogP contribution in [0, 0.1) is 0 Å². The van der Waals surface area contributed by atoms with Gasteiger partial charge in [-0.25, -0.2) is 5.10 Å². The molecule has 0 aliphatic heterocycles. The first-order valence-corrected chi connectivity index (χ1v) is 4.10. The minimum Gasteiger partial charge on any atom is -0.382 e. The van der Waals surface area contributed by atoms with Crippen molar-refractivity contribution in [3.63, 3.8) is 0 Å². The van der Waals surface area contributed by atoms with E-state index in [1.807, 2.05) is 6.92 Å². The van der Waals surface area contributed by atoms with Crippen molar-refractivity contribution in [2.45, 2.75) is 13.3 Å². The van der Waals surface area contributed by atoms with E-state index < -0.39 is 0 Å². The summed E-state index contributed by atoms with van der Waals surface area (Å²) < 4.78 is 0. The van der Waals surface area contributed by atoms with E-state index in [1.165, 1.54) is 6.20 Å². The van der Waals surface area contributed by atoms with Gasteiger partial charge in [0, 0.05) is 6.54 Å². The van der Waals surface area contributed by atoms with Gasteiger partial charge in [0.2, 0.25) is 0 Å². The molecule has 0 atom stereocenters. The molecule has 0 spiro atoms. The van der Waals surface area contributed by atoms with Gasteiger partial charge in [-0.15, -0.1) is 0 Å². The Bertz CT molecular complexity index is 310. The number of halogens is 1. The van der Waals surface area contributed by atoms with Crippen molar-refractivity contribution >= 4 is 17.3 Å². The van der Waals surface area contributed by atoms with Crippen molar-refractivity contribution in [1.82, 2.24) is 10.2 Å². The summed E-state index contributed by atoms with van der Waals surface area (Å²) in [6, 6.07) is 0. The molecule has 0 radical (unpaired) electrons. The number of aromatic nitrogens is 2. The Labute approximate surface area is 74.9 Å². The van der Waals surface area contributed by atoms with Crippen LogP contribution in [0.4, 0.5) is 5.69 Å². The molecular weight excluding hydrogens is 178 g/mol. The van der Waals surface area contributed by atoms with E-state index in [9.17, 15) is 4.79 Å². The second-order valence-corrected chi connectivity index (χ2v) is 2.73. The molecule has 2 N–H and O–H groups in total. The average molecular weight is 188 g/mol. The number of anilines is 1. The lowest BCUT2D eigenvalue weighted by Crippen LogP contribution is -2.12. The Hall–Kier alpha value is -1.03. The van der Waals surface area contributed by atoms with Gasteiger partial charge in [0.05, 0.1) is 11.9 Å². The fraction of sp³-hybridized carbons (Fsp3) is 0.429. The highest BCUT2D eigenvalue weighted by molar-refractivity contribution is 6.32. The maximum absolute atomic E-state index is 10.9. The normalized spacial score (nSPS) is 9.83. The molecule has 1 rings (SSSR count). The van der Waals surface area contributed by atoms with Crippen LogP contribution >= 0.6 is 11.6 Å². The molecule has 1 aromatic rings. The van der Waals surface area contributed by atoms with Crippen LogP contribution in [-0.2, 0) is 0 Å². The summed E-state index contributed by atoms with van der Waals surface area (Å²) in [5, 5.41) is 9.01. The van der Waals surface area contributed by atoms with E-state index in [2.05, 4.69) is 15.5 Å². The van der Waals surface area contributed by atoms with E-state index in [0.29, 0.717) is 5.69 Å². The van der Waals surface area contributed by atoms with Crippen molar-refractivity contribution in [1.29, 1.82) is 0 Å². The van der Waals surface area contributed by atoms with Crippen molar-refractivity contribution < 1.29 is 0 Å². The Morgan fingerprint density at radius 3 is 3.17 bits per heavy atom. The second kappa shape index (κ2) is 4.11. The number of aromatic amines is 1. The fourth-order valence-electron chi connectivity index (χ4n) is 0.766. The molecule has 1 aromatic heterocycles. The predicted molar refractivity (Wildman–Crippen MR) is 48.6 cm³/mol. The summed E-state index contributed by atoms with van der Waals surface area (Å²) in [5.74, 6) is 0. The van der Waals surface area contributed by atoms with Gasteiger partial charge in [0.1, 0.15) is 5.02 Å². The molecule has 0 aromatic carbocycles. The quantitative estimate of drug-likeness (QED) is 0.749. The molecule has 1 heterocycles. The lowest BCUT2D eigenvalue weighted by atomic mass is 10.4. The summed E-state index contributed by atoms with van der Waals surface area (Å²) in [6.07, 6.45) is 2.47. The minimum absolute atomic E-state index is 0.165. The number of hydrogen-bond acceptors (Lipinski definition) is 3. The van der Waals surface area contributed by atoms with Crippen molar-refractivity contribution in [3.05, 3.63) is 21.6 Å². The maximum Gasteiger partial charge on any atom is 0.285 e. The number of H-pyrrole nitrogens is 1. The summed E-state index contributed by atoms with van der Waals surface area (Å²) in [6.45, 7) is 2.81. The van der Waals surface area contributed by atoms with Crippen LogP contribution in [0.3, 0.4) is 0 Å². The third-order valence-corrected chi connectivity index (χ3v) is 1.74. The molecule has 0 unspecified atom stereocenters. The van der Waals surface area contributed by atoms with Gasteiger partial charge in [-0.2, -0.15) is 5.10 Å². The standard InChI is InChI=1S/C7H10ClN3O/c1-2-3-9-5-4-10-11-7(12)6(5)8/h4H,2-3H2,1H3,(H2,9,11,12). The van der Waals surface area contributed by atoms with Gasteiger partial charge in [-0.3, -0.25) is 4.79 Å². The predicted octanol–water partition coefficient (Wildman–Crippen LogP) is 1.25. The van der Waals surface area contributed by atoms with E-state index in [1.54, 1.807) is 0 Å². The molecule has 66 valence electrons. The molecule has 5 heteroatoms. The van der Waals surface area contributed by atoms with Crippen LogP contribution in [-0.4, -0.2) is 16.7 Å². The van der Waals surface area contributed by atoms with E-state index in [4.69, 9.17) is 11.6 Å². The highest BCUT2D eigenvalue weighted by Crippen LogP contribution is 2.13. The minimum atomic E-state index is -0.363. The molecule has 0 saturated carbocycles. The zero-order valence-corrected chi connectivity index (χ0v) is 7.48.